The van der Waals surface area contributed by atoms with Gasteiger partial charge < -0.3 is 10.0 Å². The highest BCUT2D eigenvalue weighted by atomic mass is 35.5. The Balaban J connectivity index is 0.00000150. The number of halogens is 2. The molecule has 0 spiro atoms. The number of carbonyl (C=O) groups is 1. The van der Waals surface area contributed by atoms with Gasteiger partial charge in [0.15, 0.2) is 0 Å². The van der Waals surface area contributed by atoms with Gasteiger partial charge in [-0.2, -0.15) is 0 Å². The molecule has 1 saturated carbocycles. The molecule has 1 aliphatic heterocycles. The smallest absolute Gasteiger partial charge is 0.335 e. The van der Waals surface area contributed by atoms with Crippen LogP contribution in [-0.2, 0) is 0 Å². The van der Waals surface area contributed by atoms with Gasteiger partial charge in [-0.3, -0.25) is 4.90 Å². The third-order valence-electron chi connectivity index (χ3n) is 6.28. The number of piperazine rings is 1. The van der Waals surface area contributed by atoms with Crippen molar-refractivity contribution in [2.75, 3.05) is 31.1 Å². The van der Waals surface area contributed by atoms with Crippen molar-refractivity contribution in [3.63, 3.8) is 0 Å². The van der Waals surface area contributed by atoms with Crippen LogP contribution in [0.3, 0.4) is 0 Å². The van der Waals surface area contributed by atoms with Gasteiger partial charge in [0.05, 0.1) is 5.56 Å². The average molecular weight is 437 g/mol. The third-order valence-corrected chi connectivity index (χ3v) is 6.28. The van der Waals surface area contributed by atoms with Crippen LogP contribution in [0.25, 0.3) is 0 Å². The standard InChI is InChI=1S/C23H28N2O2.2ClH/c26-23(27)20-8-12-22(13-9-20)25-16-14-24(15-17-25)21-10-6-19(7-11-21)18-4-2-1-3-5-18;;/h1-5,8-9,12-13,19,21H,6-7,10-11,14-17H2,(H,26,27);2*1H. The van der Waals surface area contributed by atoms with Gasteiger partial charge in [-0.15, -0.1) is 24.8 Å². The van der Waals surface area contributed by atoms with E-state index in [0.29, 0.717) is 5.56 Å². The number of carboxylic acid groups (broad SMARTS) is 1. The van der Waals surface area contributed by atoms with Crippen molar-refractivity contribution in [3.8, 4) is 0 Å². The van der Waals surface area contributed by atoms with Gasteiger partial charge in [-0.25, -0.2) is 4.79 Å². The fourth-order valence-electron chi connectivity index (χ4n) is 4.66. The maximum atomic E-state index is 11.0. The van der Waals surface area contributed by atoms with Crippen LogP contribution in [0.2, 0.25) is 0 Å². The molecule has 2 aromatic carbocycles. The molecule has 2 fully saturated rings. The molecule has 4 rings (SSSR count). The maximum Gasteiger partial charge on any atom is 0.335 e. The molecule has 158 valence electrons. The Kier molecular flexibility index (Phi) is 8.81. The summed E-state index contributed by atoms with van der Waals surface area (Å²) in [6.45, 7) is 4.23. The van der Waals surface area contributed by atoms with Crippen LogP contribution in [0.5, 0.6) is 0 Å². The van der Waals surface area contributed by atoms with Crippen LogP contribution in [-0.4, -0.2) is 48.2 Å². The van der Waals surface area contributed by atoms with Gasteiger partial charge in [0, 0.05) is 37.9 Å². The summed E-state index contributed by atoms with van der Waals surface area (Å²) in [5.74, 6) is -0.131. The maximum absolute atomic E-state index is 11.0. The second-order valence-electron chi connectivity index (χ2n) is 7.79. The summed E-state index contributed by atoms with van der Waals surface area (Å²) in [5, 5.41) is 9.04. The van der Waals surface area contributed by atoms with E-state index >= 15 is 0 Å². The molecule has 1 aliphatic carbocycles. The number of rotatable bonds is 4. The zero-order valence-electron chi connectivity index (χ0n) is 16.6. The monoisotopic (exact) mass is 436 g/mol. The van der Waals surface area contributed by atoms with Gasteiger partial charge in [0.25, 0.3) is 0 Å². The zero-order valence-corrected chi connectivity index (χ0v) is 18.2. The van der Waals surface area contributed by atoms with E-state index in [1.165, 1.54) is 31.2 Å². The van der Waals surface area contributed by atoms with E-state index in [9.17, 15) is 4.79 Å². The molecule has 29 heavy (non-hydrogen) atoms. The number of carboxylic acids is 1. The number of aromatic carboxylic acids is 1. The van der Waals surface area contributed by atoms with Crippen molar-refractivity contribution >= 4 is 36.5 Å². The lowest BCUT2D eigenvalue weighted by Gasteiger charge is -2.42. The first-order valence-electron chi connectivity index (χ1n) is 10.1. The minimum atomic E-state index is -0.863. The summed E-state index contributed by atoms with van der Waals surface area (Å²) in [7, 11) is 0. The van der Waals surface area contributed by atoms with Crippen molar-refractivity contribution in [3.05, 3.63) is 65.7 Å². The van der Waals surface area contributed by atoms with Crippen LogP contribution >= 0.6 is 24.8 Å². The molecule has 0 aromatic heterocycles. The van der Waals surface area contributed by atoms with Crippen LogP contribution in [0.4, 0.5) is 5.69 Å². The minimum Gasteiger partial charge on any atom is -0.478 e. The van der Waals surface area contributed by atoms with E-state index in [4.69, 9.17) is 5.11 Å². The lowest BCUT2D eigenvalue weighted by molar-refractivity contribution is 0.0697. The van der Waals surface area contributed by atoms with Gasteiger partial charge >= 0.3 is 5.97 Å². The fourth-order valence-corrected chi connectivity index (χ4v) is 4.66. The summed E-state index contributed by atoms with van der Waals surface area (Å²) in [5.41, 5.74) is 2.99. The first kappa shape index (κ1) is 23.5. The highest BCUT2D eigenvalue weighted by Gasteiger charge is 2.28. The Morgan fingerprint density at radius 1 is 0.793 bits per heavy atom. The molecule has 2 aromatic rings. The summed E-state index contributed by atoms with van der Waals surface area (Å²) in [4.78, 5) is 16.0. The third kappa shape index (κ3) is 5.65. The molecule has 0 amide bonds. The van der Waals surface area contributed by atoms with E-state index in [1.807, 2.05) is 12.1 Å². The summed E-state index contributed by atoms with van der Waals surface area (Å²) in [6.07, 6.45) is 5.19. The number of anilines is 1. The molecule has 1 heterocycles. The number of benzene rings is 2. The second-order valence-corrected chi connectivity index (χ2v) is 7.79. The molecule has 0 bridgehead atoms. The average Bonchev–Trinajstić information content (AvgIpc) is 2.75. The molecule has 0 unspecified atom stereocenters. The van der Waals surface area contributed by atoms with Crippen molar-refractivity contribution < 1.29 is 9.90 Å². The molecule has 4 nitrogen and oxygen atoms in total. The Hall–Kier alpha value is -1.75. The molecule has 0 atom stereocenters. The topological polar surface area (TPSA) is 43.8 Å². The van der Waals surface area contributed by atoms with Gasteiger partial charge in [-0.1, -0.05) is 30.3 Å². The van der Waals surface area contributed by atoms with Crippen LogP contribution in [0.1, 0.15) is 47.5 Å². The van der Waals surface area contributed by atoms with Gasteiger partial charge in [0.2, 0.25) is 0 Å². The number of hydrogen-bond donors (Lipinski definition) is 1. The fraction of sp³-hybridized carbons (Fsp3) is 0.435. The SMILES string of the molecule is Cl.Cl.O=C(O)c1ccc(N2CCN(C3CCC(c4ccccc4)CC3)CC2)cc1. The van der Waals surface area contributed by atoms with Crippen LogP contribution in [0, 0.1) is 0 Å². The van der Waals surface area contributed by atoms with Crippen molar-refractivity contribution in [2.24, 2.45) is 0 Å². The van der Waals surface area contributed by atoms with Crippen LogP contribution < -0.4 is 4.90 Å². The second kappa shape index (κ2) is 10.9. The highest BCUT2D eigenvalue weighted by molar-refractivity contribution is 5.88. The molecule has 1 N–H and O–H groups in total. The first-order valence-corrected chi connectivity index (χ1v) is 10.1. The lowest BCUT2D eigenvalue weighted by Crippen LogP contribution is -2.51. The van der Waals surface area contributed by atoms with E-state index < -0.39 is 5.97 Å². The molecule has 6 heteroatoms. The van der Waals surface area contributed by atoms with Crippen molar-refractivity contribution in [1.82, 2.24) is 4.90 Å². The predicted octanol–water partition coefficient (Wildman–Crippen LogP) is 5.08. The summed E-state index contributed by atoms with van der Waals surface area (Å²) < 4.78 is 0. The first-order chi connectivity index (χ1) is 13.2. The number of hydrogen-bond acceptors (Lipinski definition) is 3. The van der Waals surface area contributed by atoms with E-state index in [-0.39, 0.29) is 24.8 Å². The van der Waals surface area contributed by atoms with Gasteiger partial charge in [-0.05, 0) is 61.4 Å². The highest BCUT2D eigenvalue weighted by Crippen LogP contribution is 2.35. The van der Waals surface area contributed by atoms with E-state index in [1.54, 1.807) is 12.1 Å². The Labute approximate surface area is 185 Å². The molecular weight excluding hydrogens is 407 g/mol. The summed E-state index contributed by atoms with van der Waals surface area (Å²) in [6, 6.07) is 19.0. The normalized spacial score (nSPS) is 22.3. The number of nitrogens with zero attached hydrogens (tertiary/aromatic N) is 2. The zero-order chi connectivity index (χ0) is 18.6. The van der Waals surface area contributed by atoms with E-state index in [0.717, 1.165) is 43.8 Å². The largest absolute Gasteiger partial charge is 0.478 e. The molecule has 2 aliphatic rings. The minimum absolute atomic E-state index is 0. The molecule has 1 saturated heterocycles. The molecular formula is C23H30Cl2N2O2. The predicted molar refractivity (Wildman–Crippen MR) is 123 cm³/mol. The molecule has 0 radical (unpaired) electrons. The van der Waals surface area contributed by atoms with Crippen molar-refractivity contribution in [2.45, 2.75) is 37.6 Å². The van der Waals surface area contributed by atoms with Crippen LogP contribution in [0.15, 0.2) is 54.6 Å². The Bertz CT molecular complexity index is 754. The Morgan fingerprint density at radius 2 is 1.38 bits per heavy atom. The Morgan fingerprint density at radius 3 is 1.93 bits per heavy atom. The summed E-state index contributed by atoms with van der Waals surface area (Å²) >= 11 is 0. The van der Waals surface area contributed by atoms with Gasteiger partial charge in [0.1, 0.15) is 0 Å². The van der Waals surface area contributed by atoms with E-state index in [2.05, 4.69) is 40.1 Å². The van der Waals surface area contributed by atoms with Crippen molar-refractivity contribution in [1.29, 1.82) is 0 Å². The lowest BCUT2D eigenvalue weighted by atomic mass is 9.81. The quantitative estimate of drug-likeness (QED) is 0.725.